The van der Waals surface area contributed by atoms with Gasteiger partial charge in [-0.2, -0.15) is 0 Å². The molecule has 0 spiro atoms. The Morgan fingerprint density at radius 2 is 1.58 bits per heavy atom. The van der Waals surface area contributed by atoms with E-state index in [1.54, 1.807) is 48.5 Å². The molecule has 5 nitrogen and oxygen atoms in total. The first-order valence-corrected chi connectivity index (χ1v) is 11.1. The molecular formula is C27H22O5S. The van der Waals surface area contributed by atoms with Crippen LogP contribution in [0.5, 0.6) is 23.0 Å². The van der Waals surface area contributed by atoms with Crippen LogP contribution >= 0.6 is 11.8 Å². The van der Waals surface area contributed by atoms with Gasteiger partial charge in [-0.25, -0.2) is 0 Å². The van der Waals surface area contributed by atoms with Crippen molar-refractivity contribution in [1.82, 2.24) is 0 Å². The van der Waals surface area contributed by atoms with E-state index in [4.69, 9.17) is 6.17 Å². The zero-order valence-corrected chi connectivity index (χ0v) is 18.4. The smallest absolute Gasteiger partial charge is 0.293 e. The number of hydrogen-bond donors (Lipinski definition) is 3. The van der Waals surface area contributed by atoms with Crippen molar-refractivity contribution in [2.75, 3.05) is 0 Å². The first-order valence-electron chi connectivity index (χ1n) is 10.7. The fourth-order valence-corrected chi connectivity index (χ4v) is 4.36. The second-order valence-corrected chi connectivity index (χ2v) is 8.53. The normalized spacial score (nSPS) is 11.9. The average Bonchev–Trinajstić information content (AvgIpc) is 2.88. The number of rotatable bonds is 9. The molecule has 166 valence electrons. The van der Waals surface area contributed by atoms with Crippen LogP contribution in [0.2, 0.25) is 0 Å². The number of phenols is 3. The number of thioether (sulfide) groups is 1. The van der Waals surface area contributed by atoms with Gasteiger partial charge >= 0.3 is 0 Å². The van der Waals surface area contributed by atoms with Crippen LogP contribution in [0.15, 0.2) is 102 Å². The van der Waals surface area contributed by atoms with Crippen LogP contribution in [0.25, 0.3) is 0 Å². The van der Waals surface area contributed by atoms with Crippen LogP contribution in [-0.2, 0) is 6.61 Å². The summed E-state index contributed by atoms with van der Waals surface area (Å²) in [6.45, 7) is 0.374. The Morgan fingerprint density at radius 3 is 2.24 bits per heavy atom. The number of Topliss-reactive ketones (excluding diaryl/α,β-unsaturated/α-hetero) is 1. The van der Waals surface area contributed by atoms with Gasteiger partial charge in [-0.3, -0.25) is 4.79 Å². The Labute approximate surface area is 197 Å². The summed E-state index contributed by atoms with van der Waals surface area (Å²) in [4.78, 5) is 13.9. The minimum atomic E-state index is -0.675. The summed E-state index contributed by atoms with van der Waals surface area (Å²) in [6.07, 6.45) is 0. The van der Waals surface area contributed by atoms with Gasteiger partial charge in [0.25, 0.3) is 1.43 Å². The number of aromatic hydroxyl groups is 3. The predicted octanol–water partition coefficient (Wildman–Crippen LogP) is 6.10. The van der Waals surface area contributed by atoms with Crippen molar-refractivity contribution in [3.8, 4) is 23.0 Å². The fraction of sp³-hybridized carbons (Fsp3) is 0.0741. The van der Waals surface area contributed by atoms with Gasteiger partial charge in [0.2, 0.25) is 0 Å². The minimum absolute atomic E-state index is 0.00480. The van der Waals surface area contributed by atoms with E-state index in [-0.39, 0.29) is 17.3 Å². The van der Waals surface area contributed by atoms with Crippen molar-refractivity contribution < 1.29 is 24.9 Å². The molecule has 0 heterocycles. The van der Waals surface area contributed by atoms with Gasteiger partial charge in [0.15, 0.2) is 5.78 Å². The second-order valence-electron chi connectivity index (χ2n) is 7.38. The van der Waals surface area contributed by atoms with Crippen molar-refractivity contribution >= 4 is 17.5 Å². The average molecular weight is 461 g/mol. The highest BCUT2D eigenvalue weighted by Crippen LogP contribution is 2.43. The highest BCUT2D eigenvalue weighted by Gasteiger charge is 2.25. The zero-order valence-electron chi connectivity index (χ0n) is 18.5. The van der Waals surface area contributed by atoms with Gasteiger partial charge in [0.05, 0.1) is 10.1 Å². The fourth-order valence-electron chi connectivity index (χ4n) is 3.25. The molecule has 1 atom stereocenters. The Hall–Kier alpha value is -3.90. The van der Waals surface area contributed by atoms with Gasteiger partial charge in [-0.05, 0) is 59.7 Å². The number of carbonyl (C=O) groups excluding carboxylic acids is 1. The first-order chi connectivity index (χ1) is 16.5. The van der Waals surface area contributed by atoms with E-state index >= 15 is 0 Å². The van der Waals surface area contributed by atoms with E-state index in [9.17, 15) is 15.0 Å². The molecule has 4 aromatic rings. The quantitative estimate of drug-likeness (QED) is 0.207. The molecule has 0 aromatic heterocycles. The lowest BCUT2D eigenvalue weighted by Gasteiger charge is -2.18. The SMILES string of the molecule is [3H]Oc1ccc(C(Sc2ccc(OCc3ccccc3)cc2O)C(=O)c2ccc(O)cc2)cc1. The molecule has 0 aliphatic heterocycles. The molecule has 0 saturated heterocycles. The minimum Gasteiger partial charge on any atom is -0.508 e. The molecule has 6 heteroatoms. The van der Waals surface area contributed by atoms with Crippen molar-refractivity contribution in [3.05, 3.63) is 114 Å². The summed E-state index contributed by atoms with van der Waals surface area (Å²) >= 11 is 1.21. The summed E-state index contributed by atoms with van der Waals surface area (Å²) in [7, 11) is 0. The molecule has 33 heavy (non-hydrogen) atoms. The van der Waals surface area contributed by atoms with Crippen LogP contribution in [0.3, 0.4) is 0 Å². The maximum absolute atomic E-state index is 13.4. The van der Waals surface area contributed by atoms with Crippen molar-refractivity contribution in [2.45, 2.75) is 16.8 Å². The number of ether oxygens (including phenoxy) is 1. The summed E-state index contributed by atoms with van der Waals surface area (Å²) in [5.74, 6) is 0.761. The van der Waals surface area contributed by atoms with Crippen molar-refractivity contribution in [1.29, 1.82) is 1.43 Å². The summed E-state index contributed by atoms with van der Waals surface area (Å²) < 4.78 is 12.8. The molecule has 0 amide bonds. The zero-order chi connectivity index (χ0) is 23.9. The maximum atomic E-state index is 13.4. The molecule has 1 unspecified atom stereocenters. The molecule has 3 N–H and O–H groups in total. The molecule has 4 aromatic carbocycles. The third kappa shape index (κ3) is 5.67. The standard InChI is InChI=1S/C27H22O5S/c28-21-10-6-19(7-11-21)26(31)27(20-8-12-22(29)13-9-20)33-25-15-14-23(16-24(25)30)32-17-18-4-2-1-3-5-18/h1-16,27-30H,17H2/i/hT. The highest BCUT2D eigenvalue weighted by molar-refractivity contribution is 8.00. The lowest BCUT2D eigenvalue weighted by Crippen LogP contribution is -2.10. The van der Waals surface area contributed by atoms with Gasteiger partial charge in [-0.15, -0.1) is 11.8 Å². The highest BCUT2D eigenvalue weighted by atomic mass is 32.2. The van der Waals surface area contributed by atoms with E-state index in [1.807, 2.05) is 30.3 Å². The second kappa shape index (κ2) is 10.1. The monoisotopic (exact) mass is 460 g/mol. The van der Waals surface area contributed by atoms with Crippen LogP contribution in [0.1, 0.15) is 26.7 Å². The molecule has 4 rings (SSSR count). The van der Waals surface area contributed by atoms with E-state index in [2.05, 4.69) is 5.11 Å². The topological polar surface area (TPSA) is 87.0 Å². The predicted molar refractivity (Wildman–Crippen MR) is 128 cm³/mol. The maximum Gasteiger partial charge on any atom is 0.293 e. The lowest BCUT2D eigenvalue weighted by molar-refractivity contribution is 0.0989. The van der Waals surface area contributed by atoms with Crippen LogP contribution in [0.4, 0.5) is 0 Å². The first kappa shape index (κ1) is 21.0. The molecular weight excluding hydrogens is 436 g/mol. The molecule has 0 radical (unpaired) electrons. The number of ketones is 1. The van der Waals surface area contributed by atoms with Gasteiger partial charge in [0.1, 0.15) is 29.6 Å². The molecule has 0 aliphatic carbocycles. The van der Waals surface area contributed by atoms with Gasteiger partial charge in [0, 0.05) is 11.6 Å². The van der Waals surface area contributed by atoms with Gasteiger partial charge in [-0.1, -0.05) is 42.5 Å². The number of carbonyl (C=O) groups is 1. The summed E-state index contributed by atoms with van der Waals surface area (Å²) in [5.41, 5.74) is 2.13. The third-order valence-corrected chi connectivity index (χ3v) is 6.32. The lowest BCUT2D eigenvalue weighted by atomic mass is 10.0. The van der Waals surface area contributed by atoms with Crippen molar-refractivity contribution in [3.63, 3.8) is 0 Å². The Morgan fingerprint density at radius 1 is 0.879 bits per heavy atom. The van der Waals surface area contributed by atoms with E-state index in [0.29, 0.717) is 34.1 Å². The Balaban J connectivity index is 1.57. The number of benzene rings is 4. The van der Waals surface area contributed by atoms with E-state index < -0.39 is 5.25 Å². The van der Waals surface area contributed by atoms with E-state index in [1.165, 1.54) is 30.0 Å². The van der Waals surface area contributed by atoms with Crippen LogP contribution in [0, 0.1) is 0 Å². The van der Waals surface area contributed by atoms with E-state index in [0.717, 1.165) is 5.56 Å². The van der Waals surface area contributed by atoms with Crippen LogP contribution < -0.4 is 4.74 Å². The summed E-state index contributed by atoms with van der Waals surface area (Å²) in [6, 6.07) is 27.4. The summed E-state index contributed by atoms with van der Waals surface area (Å²) in [5, 5.41) is 24.1. The Kier molecular flexibility index (Phi) is 6.45. The Bertz CT molecular complexity index is 1240. The van der Waals surface area contributed by atoms with Crippen LogP contribution in [-0.4, -0.2) is 22.5 Å². The number of hydrogen-bond acceptors (Lipinski definition) is 6. The largest absolute Gasteiger partial charge is 0.508 e. The van der Waals surface area contributed by atoms with Gasteiger partial charge < -0.3 is 20.1 Å². The van der Waals surface area contributed by atoms with Crippen molar-refractivity contribution in [2.24, 2.45) is 0 Å². The number of phenolic OH excluding ortho intramolecular Hbond substituents is 3. The third-order valence-electron chi connectivity index (χ3n) is 5.00. The molecule has 0 saturated carbocycles. The molecule has 0 aliphatic rings. The molecule has 0 bridgehead atoms. The molecule has 0 fully saturated rings.